The van der Waals surface area contributed by atoms with E-state index < -0.39 is 42.4 Å². The number of H-pyrrole nitrogens is 1. The van der Waals surface area contributed by atoms with Gasteiger partial charge in [0.15, 0.2) is 5.65 Å². The summed E-state index contributed by atoms with van der Waals surface area (Å²) in [6.07, 6.45) is -6.17. The number of benzene rings is 1. The minimum Gasteiger partial charge on any atom is -0.474 e. The number of aromatic amines is 1. The second-order valence-corrected chi connectivity index (χ2v) is 11.4. The number of carbonyl (C=O) groups is 2. The zero-order valence-electron chi connectivity index (χ0n) is 23.2. The molecule has 2 aromatic heterocycles. The minimum atomic E-state index is -4.62. The molecule has 2 saturated carbocycles. The summed E-state index contributed by atoms with van der Waals surface area (Å²) in [5, 5.41) is 8.36. The predicted molar refractivity (Wildman–Crippen MR) is 149 cm³/mol. The van der Waals surface area contributed by atoms with E-state index in [2.05, 4.69) is 30.9 Å². The van der Waals surface area contributed by atoms with E-state index in [-0.39, 0.29) is 72.9 Å². The number of rotatable bonds is 11. The van der Waals surface area contributed by atoms with Gasteiger partial charge in [0, 0.05) is 18.5 Å². The van der Waals surface area contributed by atoms with Gasteiger partial charge < -0.3 is 25.7 Å². The monoisotopic (exact) mass is 646 g/mol. The topological polar surface area (TPSA) is 121 Å². The molecular weight excluding hydrogens is 618 g/mol. The molecule has 3 aromatic rings. The van der Waals surface area contributed by atoms with Crippen LogP contribution in [-0.4, -0.2) is 58.7 Å². The Balaban J connectivity index is 1.30. The average molecular weight is 647 g/mol. The van der Waals surface area contributed by atoms with Crippen molar-refractivity contribution >= 4 is 46.2 Å². The summed E-state index contributed by atoms with van der Waals surface area (Å²) >= 11 is 6.31. The number of carbonyl (C=O) groups excluding carboxylic acids is 2. The number of hydrogen-bond donors (Lipinski definition) is 4. The molecule has 16 heteroatoms. The van der Waals surface area contributed by atoms with E-state index >= 15 is 0 Å². The molecule has 0 spiro atoms. The molecule has 4 N–H and O–H groups in total. The van der Waals surface area contributed by atoms with Crippen LogP contribution in [0.3, 0.4) is 0 Å². The van der Waals surface area contributed by atoms with Gasteiger partial charge in [-0.25, -0.2) is 13.2 Å². The van der Waals surface area contributed by atoms with Crippen molar-refractivity contribution < 1.29 is 40.7 Å². The lowest BCUT2D eigenvalue weighted by Crippen LogP contribution is -2.40. The third-order valence-electron chi connectivity index (χ3n) is 7.93. The molecule has 0 saturated heterocycles. The van der Waals surface area contributed by atoms with E-state index in [9.17, 15) is 35.9 Å². The van der Waals surface area contributed by atoms with Crippen molar-refractivity contribution in [3.05, 3.63) is 40.4 Å². The lowest BCUT2D eigenvalue weighted by atomic mass is 9.86. The van der Waals surface area contributed by atoms with Crippen molar-refractivity contribution in [2.24, 2.45) is 11.3 Å². The number of alkyl halides is 6. The fourth-order valence-electron chi connectivity index (χ4n) is 5.19. The summed E-state index contributed by atoms with van der Waals surface area (Å²) < 4.78 is 84.0. The van der Waals surface area contributed by atoms with Crippen LogP contribution in [0.1, 0.15) is 54.4 Å². The summed E-state index contributed by atoms with van der Waals surface area (Å²) in [5.41, 5.74) is -1.11. The fraction of sp³-hybridized carbons (Fsp3) is 0.500. The standard InChI is InChI=1S/C28H29ClF6N6O3/c29-18-6-1-14(13-36-25(43)27(7-8-27)28(33,34)35)11-19(18)38-26-39-20-12-17(24(44-10-9-30)40-22(20)41-26)23(42)37-16-4-2-15(3-5-16)21(31)32/h1,6,11-12,15-16,21H,2-5,7-10,13H2,(H,36,43)(H,37,42)(H2,38,39,40,41)/t15-,16-. The van der Waals surface area contributed by atoms with E-state index in [1.807, 2.05) is 0 Å². The van der Waals surface area contributed by atoms with Crippen molar-refractivity contribution in [3.63, 3.8) is 0 Å². The zero-order chi connectivity index (χ0) is 31.6. The van der Waals surface area contributed by atoms with Gasteiger partial charge in [-0.15, -0.1) is 0 Å². The maximum absolute atomic E-state index is 13.2. The van der Waals surface area contributed by atoms with Crippen molar-refractivity contribution in [1.29, 1.82) is 0 Å². The maximum atomic E-state index is 13.2. The second-order valence-electron chi connectivity index (χ2n) is 11.0. The predicted octanol–water partition coefficient (Wildman–Crippen LogP) is 6.22. The molecule has 2 aliphatic carbocycles. The van der Waals surface area contributed by atoms with Crippen molar-refractivity contribution in [2.45, 2.75) is 63.7 Å². The summed E-state index contributed by atoms with van der Waals surface area (Å²) in [6, 6.07) is 5.71. The Bertz CT molecular complexity index is 1520. The van der Waals surface area contributed by atoms with Gasteiger partial charge >= 0.3 is 6.18 Å². The molecule has 0 aliphatic heterocycles. The van der Waals surface area contributed by atoms with E-state index in [0.29, 0.717) is 29.6 Å². The number of ether oxygens (including phenoxy) is 1. The van der Waals surface area contributed by atoms with Gasteiger partial charge in [-0.3, -0.25) is 9.59 Å². The largest absolute Gasteiger partial charge is 0.474 e. The third kappa shape index (κ3) is 6.81. The number of aromatic nitrogens is 3. The lowest BCUT2D eigenvalue weighted by molar-refractivity contribution is -0.192. The first-order valence-corrected chi connectivity index (χ1v) is 14.4. The second kappa shape index (κ2) is 12.7. The van der Waals surface area contributed by atoms with Gasteiger partial charge in [0.05, 0.1) is 16.2 Å². The first-order chi connectivity index (χ1) is 20.9. The summed E-state index contributed by atoms with van der Waals surface area (Å²) in [4.78, 5) is 36.9. The molecule has 9 nitrogen and oxygen atoms in total. The molecule has 2 fully saturated rings. The number of amides is 2. The summed E-state index contributed by atoms with van der Waals surface area (Å²) in [6.45, 7) is -1.36. The molecule has 2 amide bonds. The fourth-order valence-corrected chi connectivity index (χ4v) is 5.36. The molecule has 1 aromatic carbocycles. The van der Waals surface area contributed by atoms with Gasteiger partial charge in [0.25, 0.3) is 5.91 Å². The highest BCUT2D eigenvalue weighted by atomic mass is 35.5. The molecule has 0 unspecified atom stereocenters. The Morgan fingerprint density at radius 1 is 1.11 bits per heavy atom. The molecule has 0 bridgehead atoms. The maximum Gasteiger partial charge on any atom is 0.403 e. The molecule has 0 atom stereocenters. The van der Waals surface area contributed by atoms with Crippen LogP contribution in [-0.2, 0) is 11.3 Å². The quantitative estimate of drug-likeness (QED) is 0.184. The zero-order valence-corrected chi connectivity index (χ0v) is 23.9. The Labute approximate surface area is 252 Å². The average Bonchev–Trinajstić information content (AvgIpc) is 3.72. The summed E-state index contributed by atoms with van der Waals surface area (Å²) in [7, 11) is 0. The van der Waals surface area contributed by atoms with E-state index in [1.54, 1.807) is 6.07 Å². The van der Waals surface area contributed by atoms with Crippen molar-refractivity contribution in [3.8, 4) is 5.88 Å². The SMILES string of the molecule is O=C(N[C@H]1CC[C@H](C(F)F)CC1)c1cc2[nH]c(Nc3cc(CNC(=O)C4(C(F)(F)F)CC4)ccc3Cl)nc2nc1OCCF. The first-order valence-electron chi connectivity index (χ1n) is 14.0. The van der Waals surface area contributed by atoms with Crippen LogP contribution >= 0.6 is 11.6 Å². The van der Waals surface area contributed by atoms with Crippen LogP contribution < -0.4 is 20.7 Å². The Kier molecular flexibility index (Phi) is 9.14. The number of imidazole rings is 1. The lowest BCUT2D eigenvalue weighted by Gasteiger charge is -2.28. The number of fused-ring (bicyclic) bond motifs is 1. The normalized spacial score (nSPS) is 19.5. The molecule has 0 radical (unpaired) electrons. The Morgan fingerprint density at radius 3 is 2.48 bits per heavy atom. The number of nitrogens with zero attached hydrogens (tertiary/aromatic N) is 2. The van der Waals surface area contributed by atoms with Gasteiger partial charge in [-0.05, 0) is 62.3 Å². The smallest absolute Gasteiger partial charge is 0.403 e. The van der Waals surface area contributed by atoms with Crippen molar-refractivity contribution in [1.82, 2.24) is 25.6 Å². The minimum absolute atomic E-state index is 0.000181. The van der Waals surface area contributed by atoms with Crippen LogP contribution in [0.15, 0.2) is 24.3 Å². The number of nitrogens with one attached hydrogen (secondary N) is 4. The third-order valence-corrected chi connectivity index (χ3v) is 8.26. The van der Waals surface area contributed by atoms with Crippen LogP contribution in [0, 0.1) is 11.3 Å². The van der Waals surface area contributed by atoms with Gasteiger partial charge in [0.2, 0.25) is 24.2 Å². The number of hydrogen-bond acceptors (Lipinski definition) is 6. The van der Waals surface area contributed by atoms with Crippen LogP contribution in [0.5, 0.6) is 5.88 Å². The number of halogens is 7. The van der Waals surface area contributed by atoms with Crippen LogP contribution in [0.25, 0.3) is 11.2 Å². The van der Waals surface area contributed by atoms with E-state index in [1.165, 1.54) is 18.2 Å². The van der Waals surface area contributed by atoms with Gasteiger partial charge in [0.1, 0.15) is 24.3 Å². The van der Waals surface area contributed by atoms with Crippen LogP contribution in [0.4, 0.5) is 38.0 Å². The van der Waals surface area contributed by atoms with Crippen LogP contribution in [0.2, 0.25) is 5.02 Å². The number of anilines is 2. The van der Waals surface area contributed by atoms with Gasteiger partial charge in [-0.1, -0.05) is 17.7 Å². The van der Waals surface area contributed by atoms with E-state index in [0.717, 1.165) is 0 Å². The summed E-state index contributed by atoms with van der Waals surface area (Å²) in [5.74, 6) is -2.35. The Morgan fingerprint density at radius 2 is 1.84 bits per heavy atom. The highest BCUT2D eigenvalue weighted by Crippen LogP contribution is 2.57. The highest BCUT2D eigenvalue weighted by molar-refractivity contribution is 6.33. The number of pyridine rings is 1. The molecule has 238 valence electrons. The Hall–Kier alpha value is -3.75. The van der Waals surface area contributed by atoms with Crippen molar-refractivity contribution in [2.75, 3.05) is 18.6 Å². The molecular formula is C28H29ClF6N6O3. The van der Waals surface area contributed by atoms with E-state index in [4.69, 9.17) is 16.3 Å². The first kappa shape index (κ1) is 31.7. The molecule has 5 rings (SSSR count). The highest BCUT2D eigenvalue weighted by Gasteiger charge is 2.68. The molecule has 2 aliphatic rings. The van der Waals surface area contributed by atoms with Gasteiger partial charge in [-0.2, -0.15) is 23.1 Å². The molecule has 2 heterocycles. The molecule has 44 heavy (non-hydrogen) atoms.